The van der Waals surface area contributed by atoms with Gasteiger partial charge in [0.25, 0.3) is 0 Å². The van der Waals surface area contributed by atoms with Crippen LogP contribution >= 0.6 is 0 Å². The first kappa shape index (κ1) is 17.7. The monoisotopic (exact) mass is 372 g/mol. The zero-order valence-electron chi connectivity index (χ0n) is 15.4. The summed E-state index contributed by atoms with van der Waals surface area (Å²) in [5.41, 5.74) is 1.07. The number of carbonyl (C=O) groups is 2. The zero-order chi connectivity index (χ0) is 18.8. The summed E-state index contributed by atoms with van der Waals surface area (Å²) >= 11 is 0. The molecule has 3 heterocycles. The molecule has 27 heavy (non-hydrogen) atoms. The Bertz CT molecular complexity index is 815. The van der Waals surface area contributed by atoms with E-state index in [1.54, 1.807) is 13.0 Å². The molecule has 9 nitrogen and oxygen atoms in total. The van der Waals surface area contributed by atoms with Gasteiger partial charge >= 0.3 is 11.8 Å². The molecule has 1 atom stereocenters. The minimum absolute atomic E-state index is 0.317. The van der Waals surface area contributed by atoms with Crippen LogP contribution < -0.4 is 10.6 Å². The number of fused-ring (bicyclic) bond motifs is 1. The van der Waals surface area contributed by atoms with Crippen LogP contribution in [0.1, 0.15) is 74.8 Å². The number of carbonyl (C=O) groups excluding carboxylic acids is 2. The first-order chi connectivity index (χ1) is 13.1. The molecule has 144 valence electrons. The third kappa shape index (κ3) is 3.86. The van der Waals surface area contributed by atoms with E-state index < -0.39 is 17.9 Å². The highest BCUT2D eigenvalue weighted by Gasteiger charge is 2.25. The number of nitrogens with zero attached hydrogens (tertiary/aromatic N) is 4. The average Bonchev–Trinajstić information content (AvgIpc) is 3.38. The Hall–Kier alpha value is -2.71. The average molecular weight is 372 g/mol. The fourth-order valence-electron chi connectivity index (χ4n) is 3.77. The van der Waals surface area contributed by atoms with Crippen LogP contribution in [0.2, 0.25) is 0 Å². The normalized spacial score (nSPS) is 18.1. The molecule has 0 bridgehead atoms. The summed E-state index contributed by atoms with van der Waals surface area (Å²) in [6.45, 7) is 2.56. The minimum Gasteiger partial charge on any atom is -0.337 e. The SMILES string of the molecule is CC(NC(=O)C(=O)Nc1cc2n(n1)CCC2)c1nc(C2CCCCC2)no1. The van der Waals surface area contributed by atoms with E-state index in [9.17, 15) is 9.59 Å². The molecule has 9 heteroatoms. The van der Waals surface area contributed by atoms with Gasteiger partial charge in [0.05, 0.1) is 0 Å². The molecule has 1 unspecified atom stereocenters. The topological polar surface area (TPSA) is 115 Å². The molecule has 2 amide bonds. The number of nitrogens with one attached hydrogen (secondary N) is 2. The van der Waals surface area contributed by atoms with Gasteiger partial charge in [0.2, 0.25) is 5.89 Å². The predicted octanol–water partition coefficient (Wildman–Crippen LogP) is 2.08. The summed E-state index contributed by atoms with van der Waals surface area (Å²) in [6.07, 6.45) is 7.74. The fraction of sp³-hybridized carbons (Fsp3) is 0.611. The summed E-state index contributed by atoms with van der Waals surface area (Å²) in [5, 5.41) is 13.5. The second-order valence-corrected chi connectivity index (χ2v) is 7.32. The Labute approximate surface area is 156 Å². The highest BCUT2D eigenvalue weighted by atomic mass is 16.5. The number of aromatic nitrogens is 4. The van der Waals surface area contributed by atoms with Gasteiger partial charge in [-0.3, -0.25) is 14.3 Å². The van der Waals surface area contributed by atoms with Crippen molar-refractivity contribution in [2.24, 2.45) is 0 Å². The van der Waals surface area contributed by atoms with E-state index >= 15 is 0 Å². The lowest BCUT2D eigenvalue weighted by Gasteiger charge is -2.17. The lowest BCUT2D eigenvalue weighted by Crippen LogP contribution is -2.37. The van der Waals surface area contributed by atoms with Crippen molar-refractivity contribution >= 4 is 17.6 Å². The number of aryl methyl sites for hydroxylation is 2. The highest BCUT2D eigenvalue weighted by molar-refractivity contribution is 6.39. The van der Waals surface area contributed by atoms with Gasteiger partial charge < -0.3 is 15.2 Å². The van der Waals surface area contributed by atoms with E-state index in [1.807, 2.05) is 4.68 Å². The van der Waals surface area contributed by atoms with Gasteiger partial charge in [0.1, 0.15) is 6.04 Å². The van der Waals surface area contributed by atoms with Crippen molar-refractivity contribution in [2.45, 2.75) is 70.4 Å². The van der Waals surface area contributed by atoms with E-state index in [0.717, 1.165) is 37.9 Å². The third-order valence-electron chi connectivity index (χ3n) is 5.26. The summed E-state index contributed by atoms with van der Waals surface area (Å²) in [4.78, 5) is 28.7. The molecule has 0 radical (unpaired) electrons. The molecule has 1 aliphatic heterocycles. The van der Waals surface area contributed by atoms with E-state index in [2.05, 4.69) is 25.9 Å². The first-order valence-electron chi connectivity index (χ1n) is 9.62. The van der Waals surface area contributed by atoms with E-state index in [-0.39, 0.29) is 0 Å². The van der Waals surface area contributed by atoms with Crippen LogP contribution in [-0.2, 0) is 22.6 Å². The number of amides is 2. The molecular formula is C18H24N6O3. The standard InChI is InChI=1S/C18H24N6O3/c1-11(18-21-15(23-27-18)12-6-3-2-4-7-12)19-16(25)17(26)20-14-10-13-8-5-9-24(13)22-14/h10-12H,2-9H2,1H3,(H,19,25)(H,20,22,26). The molecule has 4 rings (SSSR count). The van der Waals surface area contributed by atoms with Crippen LogP contribution in [0.15, 0.2) is 10.6 Å². The first-order valence-corrected chi connectivity index (χ1v) is 9.62. The lowest BCUT2D eigenvalue weighted by atomic mass is 9.89. The van der Waals surface area contributed by atoms with Gasteiger partial charge in [-0.05, 0) is 32.6 Å². The van der Waals surface area contributed by atoms with Gasteiger partial charge in [-0.15, -0.1) is 0 Å². The number of rotatable bonds is 4. The van der Waals surface area contributed by atoms with Crippen LogP contribution in [0.3, 0.4) is 0 Å². The second kappa shape index (κ2) is 7.50. The van der Waals surface area contributed by atoms with Crippen LogP contribution in [0.5, 0.6) is 0 Å². The predicted molar refractivity (Wildman–Crippen MR) is 95.9 cm³/mol. The number of hydrogen-bond donors (Lipinski definition) is 2. The summed E-state index contributed by atoms with van der Waals surface area (Å²) < 4.78 is 7.15. The van der Waals surface area contributed by atoms with Crippen LogP contribution in [0.25, 0.3) is 0 Å². The van der Waals surface area contributed by atoms with E-state index in [4.69, 9.17) is 4.52 Å². The van der Waals surface area contributed by atoms with E-state index in [1.165, 1.54) is 19.3 Å². The van der Waals surface area contributed by atoms with Gasteiger partial charge in [0, 0.05) is 24.2 Å². The number of hydrogen-bond acceptors (Lipinski definition) is 6. The maximum absolute atomic E-state index is 12.2. The minimum atomic E-state index is -0.759. The summed E-state index contributed by atoms with van der Waals surface area (Å²) in [6, 6.07) is 1.26. The summed E-state index contributed by atoms with van der Waals surface area (Å²) in [5.74, 6) is 0.222. The van der Waals surface area contributed by atoms with Gasteiger partial charge in [-0.1, -0.05) is 24.4 Å². The zero-order valence-corrected chi connectivity index (χ0v) is 15.4. The van der Waals surface area contributed by atoms with Crippen molar-refractivity contribution in [3.63, 3.8) is 0 Å². The Kier molecular flexibility index (Phi) is 4.91. The van der Waals surface area contributed by atoms with Crippen molar-refractivity contribution in [3.8, 4) is 0 Å². The molecule has 2 aromatic heterocycles. The third-order valence-corrected chi connectivity index (χ3v) is 5.26. The maximum atomic E-state index is 12.2. The van der Waals surface area contributed by atoms with E-state index in [0.29, 0.717) is 23.5 Å². The van der Waals surface area contributed by atoms with Crippen molar-refractivity contribution in [3.05, 3.63) is 23.5 Å². The largest absolute Gasteiger partial charge is 0.337 e. The highest BCUT2D eigenvalue weighted by Crippen LogP contribution is 2.31. The van der Waals surface area contributed by atoms with Crippen molar-refractivity contribution in [1.29, 1.82) is 0 Å². The maximum Gasteiger partial charge on any atom is 0.314 e. The molecule has 0 aromatic carbocycles. The number of anilines is 1. The smallest absolute Gasteiger partial charge is 0.314 e. The van der Waals surface area contributed by atoms with Crippen molar-refractivity contribution in [2.75, 3.05) is 5.32 Å². The molecule has 2 N–H and O–H groups in total. The molecule has 1 fully saturated rings. The van der Waals surface area contributed by atoms with Gasteiger partial charge in [-0.2, -0.15) is 10.1 Å². The second-order valence-electron chi connectivity index (χ2n) is 7.32. The van der Waals surface area contributed by atoms with Gasteiger partial charge in [0.15, 0.2) is 11.6 Å². The molecule has 1 aliphatic carbocycles. The molecule has 2 aromatic rings. The van der Waals surface area contributed by atoms with Crippen molar-refractivity contribution in [1.82, 2.24) is 25.2 Å². The van der Waals surface area contributed by atoms with Crippen LogP contribution in [0.4, 0.5) is 5.82 Å². The van der Waals surface area contributed by atoms with Crippen LogP contribution in [0, 0.1) is 0 Å². The Morgan fingerprint density at radius 2 is 2.04 bits per heavy atom. The molecule has 2 aliphatic rings. The Morgan fingerprint density at radius 1 is 1.22 bits per heavy atom. The molecule has 0 saturated heterocycles. The Balaban J connectivity index is 1.32. The Morgan fingerprint density at radius 3 is 2.81 bits per heavy atom. The summed E-state index contributed by atoms with van der Waals surface area (Å²) in [7, 11) is 0. The lowest BCUT2D eigenvalue weighted by molar-refractivity contribution is -0.136. The van der Waals surface area contributed by atoms with Crippen LogP contribution in [-0.4, -0.2) is 31.7 Å². The molecular weight excluding hydrogens is 348 g/mol. The fourth-order valence-corrected chi connectivity index (χ4v) is 3.77. The van der Waals surface area contributed by atoms with Gasteiger partial charge in [-0.25, -0.2) is 0 Å². The quantitative estimate of drug-likeness (QED) is 0.794. The molecule has 1 saturated carbocycles. The van der Waals surface area contributed by atoms with Crippen molar-refractivity contribution < 1.29 is 14.1 Å². The molecule has 0 spiro atoms.